The van der Waals surface area contributed by atoms with Crippen LogP contribution in [0.1, 0.15) is 45.5 Å². The summed E-state index contributed by atoms with van der Waals surface area (Å²) in [6.07, 6.45) is 3.15. The van der Waals surface area contributed by atoms with Crippen LogP contribution in [0.3, 0.4) is 0 Å². The van der Waals surface area contributed by atoms with Gasteiger partial charge in [0.05, 0.1) is 11.6 Å². The predicted octanol–water partition coefficient (Wildman–Crippen LogP) is 3.24. The fourth-order valence-corrected chi connectivity index (χ4v) is 3.30. The molecule has 1 amide bonds. The smallest absolute Gasteiger partial charge is 0.224 e. The molecule has 1 aliphatic carbocycles. The first kappa shape index (κ1) is 16.8. The van der Waals surface area contributed by atoms with Gasteiger partial charge in [0, 0.05) is 18.8 Å². The topological polar surface area (TPSA) is 46.9 Å². The average molecular weight is 303 g/mol. The molecule has 1 fully saturated rings. The molecule has 1 aromatic rings. The number of amides is 1. The number of hydrogen-bond donors (Lipinski definition) is 1. The minimum absolute atomic E-state index is 0.0943. The second kappa shape index (κ2) is 6.27. The maximum Gasteiger partial charge on any atom is 0.224 e. The van der Waals surface area contributed by atoms with Crippen molar-refractivity contribution in [2.24, 2.45) is 17.3 Å². The lowest BCUT2D eigenvalue weighted by molar-refractivity contribution is -0.123. The Morgan fingerprint density at radius 3 is 2.64 bits per heavy atom. The van der Waals surface area contributed by atoms with Crippen molar-refractivity contribution >= 4 is 5.91 Å². The zero-order valence-corrected chi connectivity index (χ0v) is 14.7. The molecular weight excluding hydrogens is 274 g/mol. The Balaban J connectivity index is 1.77. The molecule has 0 aromatic carbocycles. The van der Waals surface area contributed by atoms with Crippen molar-refractivity contribution in [3.63, 3.8) is 0 Å². The minimum Gasteiger partial charge on any atom is -0.356 e. The molecule has 1 aliphatic rings. The molecule has 2 rings (SSSR count). The van der Waals surface area contributed by atoms with E-state index in [1.165, 1.54) is 11.3 Å². The molecule has 4 heteroatoms. The van der Waals surface area contributed by atoms with E-state index >= 15 is 0 Å². The molecule has 0 aliphatic heterocycles. The van der Waals surface area contributed by atoms with Gasteiger partial charge in [0.2, 0.25) is 5.91 Å². The molecule has 1 heterocycles. The zero-order valence-electron chi connectivity index (χ0n) is 14.7. The molecule has 0 bridgehead atoms. The van der Waals surface area contributed by atoms with Crippen molar-refractivity contribution in [1.29, 1.82) is 0 Å². The summed E-state index contributed by atoms with van der Waals surface area (Å²) in [5.41, 5.74) is 3.61. The van der Waals surface area contributed by atoms with E-state index < -0.39 is 0 Å². The van der Waals surface area contributed by atoms with E-state index in [4.69, 9.17) is 0 Å². The van der Waals surface area contributed by atoms with Crippen LogP contribution in [0, 0.1) is 31.1 Å². The molecule has 0 saturated heterocycles. The molecule has 0 spiro atoms. The van der Waals surface area contributed by atoms with Crippen LogP contribution >= 0.6 is 0 Å². The normalized spacial score (nSPS) is 22.3. The number of nitrogens with zero attached hydrogens (tertiary/aromatic N) is 2. The average Bonchev–Trinajstić information content (AvgIpc) is 2.75. The molecule has 122 valence electrons. The first-order chi connectivity index (χ1) is 10.2. The second-order valence-corrected chi connectivity index (χ2v) is 7.36. The monoisotopic (exact) mass is 303 g/mol. The quantitative estimate of drug-likeness (QED) is 0.648. The van der Waals surface area contributed by atoms with Crippen molar-refractivity contribution in [2.75, 3.05) is 6.54 Å². The molecule has 1 aromatic heterocycles. The molecule has 1 N–H and O–H groups in total. The standard InChI is InChI=1S/C18H29N3O/c1-12(2)10-15-16(18(15,5)6)17(22)19-8-7-9-21-14(4)11-13(3)20-21/h10-11,15-16H,7-9H2,1-6H3,(H,19,22)/t15-,16+/m1/s1. The number of aromatic nitrogens is 2. The van der Waals surface area contributed by atoms with Gasteiger partial charge in [-0.3, -0.25) is 9.48 Å². The highest BCUT2D eigenvalue weighted by Gasteiger charge is 2.60. The first-order valence-corrected chi connectivity index (χ1v) is 8.17. The van der Waals surface area contributed by atoms with Gasteiger partial charge < -0.3 is 5.32 Å². The van der Waals surface area contributed by atoms with Crippen molar-refractivity contribution in [3.05, 3.63) is 29.1 Å². The summed E-state index contributed by atoms with van der Waals surface area (Å²) < 4.78 is 2.01. The number of carbonyl (C=O) groups excluding carboxylic acids is 1. The molecule has 1 saturated carbocycles. The third kappa shape index (κ3) is 3.60. The lowest BCUT2D eigenvalue weighted by Crippen LogP contribution is -2.28. The maximum absolute atomic E-state index is 12.3. The van der Waals surface area contributed by atoms with Gasteiger partial charge in [0.1, 0.15) is 0 Å². The van der Waals surface area contributed by atoms with Crippen LogP contribution < -0.4 is 5.32 Å². The van der Waals surface area contributed by atoms with Crippen LogP contribution in [0.5, 0.6) is 0 Å². The van der Waals surface area contributed by atoms with Gasteiger partial charge in [0.25, 0.3) is 0 Å². The highest BCUT2D eigenvalue weighted by atomic mass is 16.2. The third-order valence-corrected chi connectivity index (χ3v) is 4.66. The fourth-order valence-electron chi connectivity index (χ4n) is 3.30. The maximum atomic E-state index is 12.3. The van der Waals surface area contributed by atoms with Crippen LogP contribution in [0.25, 0.3) is 0 Å². The van der Waals surface area contributed by atoms with E-state index in [9.17, 15) is 4.79 Å². The summed E-state index contributed by atoms with van der Waals surface area (Å²) >= 11 is 0. The summed E-state index contributed by atoms with van der Waals surface area (Å²) in [7, 11) is 0. The molecule has 4 nitrogen and oxygen atoms in total. The number of nitrogens with one attached hydrogen (secondary N) is 1. The van der Waals surface area contributed by atoms with E-state index in [0.29, 0.717) is 12.5 Å². The van der Waals surface area contributed by atoms with Gasteiger partial charge in [-0.25, -0.2) is 0 Å². The lowest BCUT2D eigenvalue weighted by atomic mass is 10.1. The lowest BCUT2D eigenvalue weighted by Gasteiger charge is -2.07. The summed E-state index contributed by atoms with van der Waals surface area (Å²) in [5, 5.41) is 7.53. The minimum atomic E-state index is 0.0943. The van der Waals surface area contributed by atoms with E-state index in [2.05, 4.69) is 57.2 Å². The third-order valence-electron chi connectivity index (χ3n) is 4.66. The van der Waals surface area contributed by atoms with Crippen molar-refractivity contribution in [1.82, 2.24) is 15.1 Å². The zero-order chi connectivity index (χ0) is 16.5. The van der Waals surface area contributed by atoms with Gasteiger partial charge >= 0.3 is 0 Å². The molecular formula is C18H29N3O. The van der Waals surface area contributed by atoms with Crippen molar-refractivity contribution < 1.29 is 4.79 Å². The first-order valence-electron chi connectivity index (χ1n) is 8.17. The predicted molar refractivity (Wildman–Crippen MR) is 89.5 cm³/mol. The fraction of sp³-hybridized carbons (Fsp3) is 0.667. The number of carbonyl (C=O) groups is 1. The number of rotatable bonds is 6. The van der Waals surface area contributed by atoms with E-state index in [1.54, 1.807) is 0 Å². The Morgan fingerprint density at radius 1 is 1.41 bits per heavy atom. The number of hydrogen-bond acceptors (Lipinski definition) is 2. The van der Waals surface area contributed by atoms with Crippen LogP contribution in [0.4, 0.5) is 0 Å². The Labute approximate surface area is 134 Å². The van der Waals surface area contributed by atoms with Gasteiger partial charge in [0.15, 0.2) is 0 Å². The van der Waals surface area contributed by atoms with E-state index in [1.807, 2.05) is 11.6 Å². The highest BCUT2D eigenvalue weighted by Crippen LogP contribution is 2.59. The molecule has 22 heavy (non-hydrogen) atoms. The number of allylic oxidation sites excluding steroid dienone is 2. The van der Waals surface area contributed by atoms with Gasteiger partial charge in [-0.05, 0) is 51.5 Å². The summed E-state index contributed by atoms with van der Waals surface area (Å²) in [6.45, 7) is 14.2. The van der Waals surface area contributed by atoms with Crippen LogP contribution in [-0.4, -0.2) is 22.2 Å². The summed E-state index contributed by atoms with van der Waals surface area (Å²) in [4.78, 5) is 12.3. The second-order valence-electron chi connectivity index (χ2n) is 7.36. The largest absolute Gasteiger partial charge is 0.356 e. The van der Waals surface area contributed by atoms with Crippen LogP contribution in [0.15, 0.2) is 17.7 Å². The number of aryl methyl sites for hydroxylation is 3. The molecule has 0 unspecified atom stereocenters. The Morgan fingerprint density at radius 2 is 2.09 bits per heavy atom. The Kier molecular flexibility index (Phi) is 4.78. The van der Waals surface area contributed by atoms with Crippen molar-refractivity contribution in [3.8, 4) is 0 Å². The van der Waals surface area contributed by atoms with Gasteiger partial charge in [-0.2, -0.15) is 5.10 Å². The van der Waals surface area contributed by atoms with E-state index in [-0.39, 0.29) is 17.2 Å². The van der Waals surface area contributed by atoms with Gasteiger partial charge in [-0.15, -0.1) is 0 Å². The van der Waals surface area contributed by atoms with Crippen LogP contribution in [0.2, 0.25) is 0 Å². The van der Waals surface area contributed by atoms with E-state index in [0.717, 1.165) is 18.7 Å². The summed E-state index contributed by atoms with van der Waals surface area (Å²) in [5.74, 6) is 0.700. The molecule has 2 atom stereocenters. The van der Waals surface area contributed by atoms with Gasteiger partial charge in [-0.1, -0.05) is 25.5 Å². The summed E-state index contributed by atoms with van der Waals surface area (Å²) in [6, 6.07) is 2.08. The van der Waals surface area contributed by atoms with Crippen LogP contribution in [-0.2, 0) is 11.3 Å². The molecule has 0 radical (unpaired) electrons. The van der Waals surface area contributed by atoms with Crippen molar-refractivity contribution in [2.45, 2.75) is 54.5 Å². The Hall–Kier alpha value is -1.58. The Bertz CT molecular complexity index is 579. The highest BCUT2D eigenvalue weighted by molar-refractivity contribution is 5.83. The SMILES string of the molecule is CC(C)=C[C@@H]1[C@@H](C(=O)NCCCn2nc(C)cc2C)C1(C)C.